The van der Waals surface area contributed by atoms with Crippen LogP contribution < -0.4 is 9.47 Å². The van der Waals surface area contributed by atoms with Crippen LogP contribution in [0.25, 0.3) is 0 Å². The molecule has 0 aliphatic rings. The average Bonchev–Trinajstić information content (AvgIpc) is 3.00. The molecule has 0 saturated heterocycles. The van der Waals surface area contributed by atoms with Crippen molar-refractivity contribution >= 4 is 28.9 Å². The molecule has 0 N–H and O–H groups in total. The zero-order chi connectivity index (χ0) is 29.0. The van der Waals surface area contributed by atoms with Gasteiger partial charge in [-0.15, -0.1) is 0 Å². The predicted octanol–water partition coefficient (Wildman–Crippen LogP) is 11.8. The van der Waals surface area contributed by atoms with Gasteiger partial charge in [-0.25, -0.2) is 4.79 Å². The summed E-state index contributed by atoms with van der Waals surface area (Å²) >= 11 is 5.89. The molecular formula is C35H45ClN2O3. The van der Waals surface area contributed by atoms with E-state index in [9.17, 15) is 4.79 Å². The fraction of sp³-hybridized carbons (Fsp3) is 0.457. The number of carbonyl (C=O) groups excluding carboxylic acids is 1. The Hall–Kier alpha value is -3.18. The van der Waals surface area contributed by atoms with Crippen molar-refractivity contribution < 1.29 is 14.3 Å². The first kappa shape index (κ1) is 32.3. The summed E-state index contributed by atoms with van der Waals surface area (Å²) in [5.41, 5.74) is 1.83. The van der Waals surface area contributed by atoms with Gasteiger partial charge in [-0.1, -0.05) is 102 Å². The lowest BCUT2D eigenvalue weighted by Gasteiger charge is -2.08. The van der Waals surface area contributed by atoms with Crippen molar-refractivity contribution in [3.8, 4) is 11.5 Å². The van der Waals surface area contributed by atoms with Crippen LogP contribution in [-0.4, -0.2) is 12.6 Å². The molecule has 0 bridgehead atoms. The molecule has 0 heterocycles. The Morgan fingerprint density at radius 2 is 1.02 bits per heavy atom. The van der Waals surface area contributed by atoms with Gasteiger partial charge >= 0.3 is 5.97 Å². The molecule has 0 fully saturated rings. The quantitative estimate of drug-likeness (QED) is 0.0581. The predicted molar refractivity (Wildman–Crippen MR) is 169 cm³/mol. The van der Waals surface area contributed by atoms with Crippen molar-refractivity contribution in [2.75, 3.05) is 6.61 Å². The van der Waals surface area contributed by atoms with Crippen molar-refractivity contribution in [3.05, 3.63) is 83.4 Å². The SMILES string of the molecule is CCCCCCCCCCCCCCCCOc1ccc(C(=O)Oc2ccc(N=Nc3ccc(Cl)cc3)cc2)cc1. The summed E-state index contributed by atoms with van der Waals surface area (Å²) in [7, 11) is 0. The number of esters is 1. The zero-order valence-corrected chi connectivity index (χ0v) is 25.3. The summed E-state index contributed by atoms with van der Waals surface area (Å²) in [5.74, 6) is 0.796. The summed E-state index contributed by atoms with van der Waals surface area (Å²) in [5, 5.41) is 9.02. The average molecular weight is 577 g/mol. The van der Waals surface area contributed by atoms with E-state index in [0.717, 1.165) is 12.2 Å². The van der Waals surface area contributed by atoms with Crippen LogP contribution in [0.2, 0.25) is 5.02 Å². The van der Waals surface area contributed by atoms with Gasteiger partial charge in [-0.3, -0.25) is 0 Å². The van der Waals surface area contributed by atoms with Crippen LogP contribution in [0.15, 0.2) is 83.0 Å². The maximum absolute atomic E-state index is 12.5. The molecule has 0 aliphatic carbocycles. The number of ether oxygens (including phenoxy) is 2. The second-order valence-electron chi connectivity index (χ2n) is 10.5. The van der Waals surface area contributed by atoms with Crippen molar-refractivity contribution in [1.29, 1.82) is 0 Å². The van der Waals surface area contributed by atoms with E-state index in [1.807, 2.05) is 12.1 Å². The van der Waals surface area contributed by atoms with E-state index < -0.39 is 5.97 Å². The monoisotopic (exact) mass is 576 g/mol. The molecule has 0 atom stereocenters. The Morgan fingerprint density at radius 1 is 0.585 bits per heavy atom. The Kier molecular flexibility index (Phi) is 15.6. The molecule has 3 rings (SSSR count). The van der Waals surface area contributed by atoms with Crippen LogP contribution in [0.1, 0.15) is 107 Å². The van der Waals surface area contributed by atoms with Crippen LogP contribution in [0, 0.1) is 0 Å². The van der Waals surface area contributed by atoms with E-state index in [1.165, 1.54) is 83.5 Å². The second kappa shape index (κ2) is 19.8. The molecule has 220 valence electrons. The Morgan fingerprint density at radius 3 is 1.54 bits per heavy atom. The molecule has 0 radical (unpaired) electrons. The Balaban J connectivity index is 1.24. The Bertz CT molecular complexity index is 1150. The first-order valence-corrected chi connectivity index (χ1v) is 15.7. The molecule has 41 heavy (non-hydrogen) atoms. The molecule has 5 nitrogen and oxygen atoms in total. The van der Waals surface area contributed by atoms with Gasteiger partial charge in [0.1, 0.15) is 11.5 Å². The lowest BCUT2D eigenvalue weighted by atomic mass is 10.0. The zero-order valence-electron chi connectivity index (χ0n) is 24.5. The number of benzene rings is 3. The van der Waals surface area contributed by atoms with E-state index in [0.29, 0.717) is 34.3 Å². The van der Waals surface area contributed by atoms with Crippen molar-refractivity contribution in [1.82, 2.24) is 0 Å². The first-order valence-electron chi connectivity index (χ1n) is 15.4. The van der Waals surface area contributed by atoms with E-state index in [1.54, 1.807) is 60.7 Å². The number of unbranched alkanes of at least 4 members (excludes halogenated alkanes) is 13. The fourth-order valence-corrected chi connectivity index (χ4v) is 4.67. The number of hydrogen-bond donors (Lipinski definition) is 0. The minimum atomic E-state index is -0.418. The summed E-state index contributed by atoms with van der Waals surface area (Å²) in [6.45, 7) is 2.97. The highest BCUT2D eigenvalue weighted by molar-refractivity contribution is 6.30. The van der Waals surface area contributed by atoms with Gasteiger partial charge in [0.15, 0.2) is 0 Å². The number of halogens is 1. The number of carbonyl (C=O) groups is 1. The molecule has 6 heteroatoms. The van der Waals surface area contributed by atoms with E-state index >= 15 is 0 Å². The molecule has 3 aromatic rings. The van der Waals surface area contributed by atoms with Crippen molar-refractivity contribution in [3.63, 3.8) is 0 Å². The van der Waals surface area contributed by atoms with Crippen LogP contribution in [0.3, 0.4) is 0 Å². The molecule has 0 amide bonds. The van der Waals surface area contributed by atoms with Crippen LogP contribution in [0.5, 0.6) is 11.5 Å². The third-order valence-corrected chi connectivity index (χ3v) is 7.26. The van der Waals surface area contributed by atoms with E-state index in [4.69, 9.17) is 21.1 Å². The smallest absolute Gasteiger partial charge is 0.343 e. The Labute approximate surface area is 251 Å². The van der Waals surface area contributed by atoms with Gasteiger partial charge in [0.05, 0.1) is 23.5 Å². The van der Waals surface area contributed by atoms with Gasteiger partial charge < -0.3 is 9.47 Å². The normalized spacial score (nSPS) is 11.2. The molecule has 0 saturated carbocycles. The van der Waals surface area contributed by atoms with Gasteiger partial charge in [-0.05, 0) is 79.2 Å². The largest absolute Gasteiger partial charge is 0.494 e. The molecule has 0 aromatic heterocycles. The highest BCUT2D eigenvalue weighted by Crippen LogP contribution is 2.23. The minimum absolute atomic E-state index is 0.418. The standard InChI is InChI=1S/C35H45ClN2O3/c1-2-3-4-5-6-7-8-9-10-11-12-13-14-15-28-40-33-24-16-29(17-25-33)35(39)41-34-26-22-32(23-27-34)38-37-31-20-18-30(36)19-21-31/h16-27H,2-15,28H2,1H3. The fourth-order valence-electron chi connectivity index (χ4n) is 4.54. The topological polar surface area (TPSA) is 60.2 Å². The van der Waals surface area contributed by atoms with Crippen LogP contribution >= 0.6 is 11.6 Å². The third-order valence-electron chi connectivity index (χ3n) is 7.01. The number of azo groups is 1. The molecular weight excluding hydrogens is 532 g/mol. The highest BCUT2D eigenvalue weighted by atomic mass is 35.5. The van der Waals surface area contributed by atoms with Crippen LogP contribution in [0.4, 0.5) is 11.4 Å². The van der Waals surface area contributed by atoms with Gasteiger partial charge in [0.2, 0.25) is 0 Å². The van der Waals surface area contributed by atoms with Gasteiger partial charge in [0.25, 0.3) is 0 Å². The summed E-state index contributed by atoms with van der Waals surface area (Å²) in [4.78, 5) is 12.5. The summed E-state index contributed by atoms with van der Waals surface area (Å²) < 4.78 is 11.4. The van der Waals surface area contributed by atoms with Gasteiger partial charge in [-0.2, -0.15) is 10.2 Å². The molecule has 0 unspecified atom stereocenters. The van der Waals surface area contributed by atoms with Crippen LogP contribution in [-0.2, 0) is 0 Å². The third kappa shape index (κ3) is 13.8. The highest BCUT2D eigenvalue weighted by Gasteiger charge is 2.09. The molecule has 0 aliphatic heterocycles. The number of hydrogen-bond acceptors (Lipinski definition) is 5. The number of rotatable bonds is 20. The minimum Gasteiger partial charge on any atom is -0.494 e. The van der Waals surface area contributed by atoms with Crippen molar-refractivity contribution in [2.24, 2.45) is 10.2 Å². The lowest BCUT2D eigenvalue weighted by molar-refractivity contribution is 0.0734. The summed E-state index contributed by atoms with van der Waals surface area (Å²) in [6.07, 6.45) is 18.8. The number of nitrogens with zero attached hydrogens (tertiary/aromatic N) is 2. The maximum atomic E-state index is 12.5. The first-order chi connectivity index (χ1) is 20.1. The molecule has 0 spiro atoms. The second-order valence-corrected chi connectivity index (χ2v) is 11.0. The molecule has 3 aromatic carbocycles. The maximum Gasteiger partial charge on any atom is 0.343 e. The van der Waals surface area contributed by atoms with E-state index in [-0.39, 0.29) is 0 Å². The lowest BCUT2D eigenvalue weighted by Crippen LogP contribution is -2.08. The van der Waals surface area contributed by atoms with Crippen molar-refractivity contribution in [2.45, 2.75) is 96.8 Å². The summed E-state index contributed by atoms with van der Waals surface area (Å²) in [6, 6.07) is 21.1. The van der Waals surface area contributed by atoms with Gasteiger partial charge in [0, 0.05) is 5.02 Å². The van der Waals surface area contributed by atoms with E-state index in [2.05, 4.69) is 17.2 Å².